The second-order valence-corrected chi connectivity index (χ2v) is 5.19. The number of anilines is 2. The van der Waals surface area contributed by atoms with Crippen molar-refractivity contribution in [2.24, 2.45) is 0 Å². The van der Waals surface area contributed by atoms with Gasteiger partial charge in [-0.05, 0) is 23.6 Å². The van der Waals surface area contributed by atoms with Gasteiger partial charge in [-0.25, -0.2) is 4.98 Å². The van der Waals surface area contributed by atoms with E-state index in [1.807, 2.05) is 24.3 Å². The molecule has 0 saturated heterocycles. The van der Waals surface area contributed by atoms with Crippen LogP contribution in [-0.4, -0.2) is 10.9 Å². The molecule has 0 aliphatic rings. The second kappa shape index (κ2) is 5.18. The van der Waals surface area contributed by atoms with E-state index in [9.17, 15) is 4.79 Å². The highest BCUT2D eigenvalue weighted by atomic mass is 32.1. The summed E-state index contributed by atoms with van der Waals surface area (Å²) in [6.45, 7) is 4.23. The van der Waals surface area contributed by atoms with E-state index < -0.39 is 0 Å². The van der Waals surface area contributed by atoms with Crippen LogP contribution in [0.15, 0.2) is 29.6 Å². The van der Waals surface area contributed by atoms with E-state index in [4.69, 9.17) is 5.73 Å². The summed E-state index contributed by atoms with van der Waals surface area (Å²) in [4.78, 5) is 15.8. The van der Waals surface area contributed by atoms with Gasteiger partial charge in [0.05, 0.1) is 0 Å². The Hall–Kier alpha value is -1.88. The molecule has 94 valence electrons. The summed E-state index contributed by atoms with van der Waals surface area (Å²) in [6, 6.07) is 7.80. The number of rotatable bonds is 3. The van der Waals surface area contributed by atoms with Crippen molar-refractivity contribution in [3.63, 3.8) is 0 Å². The Morgan fingerprint density at radius 1 is 1.44 bits per heavy atom. The van der Waals surface area contributed by atoms with E-state index >= 15 is 0 Å². The van der Waals surface area contributed by atoms with Crippen LogP contribution < -0.4 is 11.1 Å². The monoisotopic (exact) mass is 261 g/mol. The van der Waals surface area contributed by atoms with Crippen LogP contribution >= 0.6 is 11.3 Å². The molecule has 1 aromatic heterocycles. The lowest BCUT2D eigenvalue weighted by molar-refractivity contribution is 0.102. The van der Waals surface area contributed by atoms with Crippen LogP contribution in [0.1, 0.15) is 35.8 Å². The lowest BCUT2D eigenvalue weighted by Gasteiger charge is -2.08. The molecule has 0 saturated carbocycles. The fourth-order valence-corrected chi connectivity index (χ4v) is 2.11. The average Bonchev–Trinajstić information content (AvgIpc) is 2.76. The first-order valence-electron chi connectivity index (χ1n) is 5.68. The van der Waals surface area contributed by atoms with Crippen LogP contribution in [0.5, 0.6) is 0 Å². The number of nitrogen functional groups attached to an aromatic ring is 1. The molecule has 0 spiro atoms. The number of hydrogen-bond donors (Lipinski definition) is 2. The van der Waals surface area contributed by atoms with Crippen molar-refractivity contribution >= 4 is 28.1 Å². The summed E-state index contributed by atoms with van der Waals surface area (Å²) in [6.07, 6.45) is 0. The lowest BCUT2D eigenvalue weighted by Crippen LogP contribution is -2.12. The normalized spacial score (nSPS) is 10.6. The number of aromatic nitrogens is 1. The van der Waals surface area contributed by atoms with Crippen LogP contribution in [0.25, 0.3) is 0 Å². The molecule has 0 radical (unpaired) electrons. The SMILES string of the molecule is CC(C)c1cccc(NC(=O)c2csc(N)n2)c1. The van der Waals surface area contributed by atoms with E-state index in [1.54, 1.807) is 5.38 Å². The summed E-state index contributed by atoms with van der Waals surface area (Å²) in [5.74, 6) is 0.195. The van der Waals surface area contributed by atoms with Gasteiger partial charge in [0.25, 0.3) is 5.91 Å². The Balaban J connectivity index is 2.14. The molecule has 0 atom stereocenters. The topological polar surface area (TPSA) is 68.0 Å². The molecule has 0 bridgehead atoms. The maximum atomic E-state index is 11.9. The van der Waals surface area contributed by atoms with Crippen LogP contribution in [0, 0.1) is 0 Å². The number of benzene rings is 1. The van der Waals surface area contributed by atoms with E-state index in [1.165, 1.54) is 16.9 Å². The van der Waals surface area contributed by atoms with Gasteiger partial charge in [-0.2, -0.15) is 0 Å². The number of thiazole rings is 1. The molecule has 18 heavy (non-hydrogen) atoms. The van der Waals surface area contributed by atoms with Crippen LogP contribution in [0.4, 0.5) is 10.8 Å². The Kier molecular flexibility index (Phi) is 3.62. The molecule has 4 nitrogen and oxygen atoms in total. The van der Waals surface area contributed by atoms with Crippen molar-refractivity contribution in [1.82, 2.24) is 4.98 Å². The summed E-state index contributed by atoms with van der Waals surface area (Å²) in [7, 11) is 0. The summed E-state index contributed by atoms with van der Waals surface area (Å²) >= 11 is 1.26. The number of hydrogen-bond acceptors (Lipinski definition) is 4. The third-order valence-corrected chi connectivity index (χ3v) is 3.24. The molecule has 2 aromatic rings. The Morgan fingerprint density at radius 3 is 2.83 bits per heavy atom. The second-order valence-electron chi connectivity index (χ2n) is 4.31. The maximum absolute atomic E-state index is 11.9. The minimum absolute atomic E-state index is 0.233. The van der Waals surface area contributed by atoms with Gasteiger partial charge in [0.1, 0.15) is 5.69 Å². The Labute approximate surface area is 110 Å². The minimum atomic E-state index is -0.233. The molecule has 0 aliphatic heterocycles. The highest BCUT2D eigenvalue weighted by molar-refractivity contribution is 7.13. The van der Waals surface area contributed by atoms with E-state index in [0.29, 0.717) is 16.7 Å². The van der Waals surface area contributed by atoms with Gasteiger partial charge in [0, 0.05) is 11.1 Å². The number of carbonyl (C=O) groups is 1. The predicted molar refractivity (Wildman–Crippen MR) is 75.0 cm³/mol. The maximum Gasteiger partial charge on any atom is 0.275 e. The van der Waals surface area contributed by atoms with Crippen molar-refractivity contribution in [3.05, 3.63) is 40.9 Å². The van der Waals surface area contributed by atoms with E-state index in [0.717, 1.165) is 5.69 Å². The highest BCUT2D eigenvalue weighted by Gasteiger charge is 2.10. The summed E-state index contributed by atoms with van der Waals surface area (Å²) in [5, 5.41) is 4.87. The predicted octanol–water partition coefficient (Wildman–Crippen LogP) is 3.10. The number of carbonyl (C=O) groups excluding carboxylic acids is 1. The minimum Gasteiger partial charge on any atom is -0.375 e. The molecule has 5 heteroatoms. The average molecular weight is 261 g/mol. The zero-order valence-corrected chi connectivity index (χ0v) is 11.1. The fourth-order valence-electron chi connectivity index (χ4n) is 1.56. The molecule has 0 aliphatic carbocycles. The zero-order chi connectivity index (χ0) is 13.1. The van der Waals surface area contributed by atoms with Crippen molar-refractivity contribution in [2.75, 3.05) is 11.1 Å². The van der Waals surface area contributed by atoms with Gasteiger partial charge in [0.2, 0.25) is 0 Å². The molecular weight excluding hydrogens is 246 g/mol. The molecule has 2 rings (SSSR count). The van der Waals surface area contributed by atoms with Crippen molar-refractivity contribution < 1.29 is 4.79 Å². The van der Waals surface area contributed by atoms with Crippen LogP contribution in [0.2, 0.25) is 0 Å². The first kappa shape index (κ1) is 12.6. The van der Waals surface area contributed by atoms with E-state index in [-0.39, 0.29) is 5.91 Å². The third kappa shape index (κ3) is 2.87. The first-order chi connectivity index (χ1) is 8.56. The van der Waals surface area contributed by atoms with Crippen molar-refractivity contribution in [1.29, 1.82) is 0 Å². The smallest absolute Gasteiger partial charge is 0.275 e. The van der Waals surface area contributed by atoms with Gasteiger partial charge in [-0.15, -0.1) is 11.3 Å². The van der Waals surface area contributed by atoms with Crippen molar-refractivity contribution in [2.45, 2.75) is 19.8 Å². The molecule has 3 N–H and O–H groups in total. The fraction of sp³-hybridized carbons (Fsp3) is 0.231. The highest BCUT2D eigenvalue weighted by Crippen LogP contribution is 2.19. The quantitative estimate of drug-likeness (QED) is 0.892. The summed E-state index contributed by atoms with van der Waals surface area (Å²) < 4.78 is 0. The molecule has 0 fully saturated rings. The molecular formula is C13H15N3OS. The largest absolute Gasteiger partial charge is 0.375 e. The van der Waals surface area contributed by atoms with Gasteiger partial charge in [-0.3, -0.25) is 4.79 Å². The van der Waals surface area contributed by atoms with Gasteiger partial charge in [-0.1, -0.05) is 26.0 Å². The lowest BCUT2D eigenvalue weighted by atomic mass is 10.0. The summed E-state index contributed by atoms with van der Waals surface area (Å²) in [5.41, 5.74) is 7.82. The van der Waals surface area contributed by atoms with Crippen LogP contribution in [-0.2, 0) is 0 Å². The van der Waals surface area contributed by atoms with Crippen molar-refractivity contribution in [3.8, 4) is 0 Å². The van der Waals surface area contributed by atoms with Gasteiger partial charge >= 0.3 is 0 Å². The van der Waals surface area contributed by atoms with E-state index in [2.05, 4.69) is 24.1 Å². The number of nitrogens with one attached hydrogen (secondary N) is 1. The molecule has 1 amide bonds. The number of nitrogens with two attached hydrogens (primary N) is 1. The standard InChI is InChI=1S/C13H15N3OS/c1-8(2)9-4-3-5-10(6-9)15-12(17)11-7-18-13(14)16-11/h3-8H,1-2H3,(H2,14,16)(H,15,17). The van der Waals surface area contributed by atoms with Gasteiger partial charge < -0.3 is 11.1 Å². The van der Waals surface area contributed by atoms with Crippen LogP contribution in [0.3, 0.4) is 0 Å². The number of amides is 1. The molecule has 0 unspecified atom stereocenters. The zero-order valence-electron chi connectivity index (χ0n) is 10.3. The first-order valence-corrected chi connectivity index (χ1v) is 6.56. The third-order valence-electron chi connectivity index (χ3n) is 2.57. The van der Waals surface area contributed by atoms with Gasteiger partial charge in [0.15, 0.2) is 5.13 Å². The molecule has 1 heterocycles. The Morgan fingerprint density at radius 2 is 2.22 bits per heavy atom. The number of nitrogens with zero attached hydrogens (tertiary/aromatic N) is 1. The molecule has 1 aromatic carbocycles. The Bertz CT molecular complexity index is 563.